The first-order valence-electron chi connectivity index (χ1n) is 22.7. The predicted octanol–water partition coefficient (Wildman–Crippen LogP) is 6.31. The molecule has 0 radical (unpaired) electrons. The summed E-state index contributed by atoms with van der Waals surface area (Å²) in [7, 11) is -3.96. The summed E-state index contributed by atoms with van der Waals surface area (Å²) in [6, 6.07) is 6.89. The second kappa shape index (κ2) is 16.9. The Morgan fingerprint density at radius 3 is 2.51 bits per heavy atom. The van der Waals surface area contributed by atoms with E-state index in [9.17, 15) is 27.6 Å². The molecule has 0 spiro atoms. The molecule has 1 aromatic carbocycles. The number of para-hydroxylation sites is 1. The number of likely N-dealkylation sites (tertiary alicyclic amines) is 1. The lowest BCUT2D eigenvalue weighted by Crippen LogP contribution is -2.49. The van der Waals surface area contributed by atoms with Gasteiger partial charge in [0.15, 0.2) is 5.78 Å². The number of aromatic nitrogens is 1. The molecule has 7 atom stereocenters. The Balaban J connectivity index is 1.13. The minimum absolute atomic E-state index is 0.0531. The van der Waals surface area contributed by atoms with Crippen LogP contribution in [0.25, 0.3) is 10.9 Å². The Labute approximate surface area is 360 Å². The molecule has 332 valence electrons. The lowest BCUT2D eigenvalue weighted by atomic mass is 9.77. The van der Waals surface area contributed by atoms with E-state index in [2.05, 4.69) is 16.2 Å². The van der Waals surface area contributed by atoms with Crippen LogP contribution in [-0.2, 0) is 40.4 Å². The zero-order valence-electron chi connectivity index (χ0n) is 36.4. The summed E-state index contributed by atoms with van der Waals surface area (Å²) >= 11 is 0. The van der Waals surface area contributed by atoms with Gasteiger partial charge in [0.05, 0.1) is 46.2 Å². The van der Waals surface area contributed by atoms with Crippen molar-refractivity contribution in [3.63, 3.8) is 0 Å². The number of nitrogens with one attached hydrogen (secondary N) is 1. The zero-order chi connectivity index (χ0) is 43.3. The highest BCUT2D eigenvalue weighted by Gasteiger charge is 2.62. The maximum absolute atomic E-state index is 14.9. The minimum Gasteiger partial charge on any atom is -0.491 e. The summed E-state index contributed by atoms with van der Waals surface area (Å²) in [5.74, 6) is -1.61. The van der Waals surface area contributed by atoms with Gasteiger partial charge in [-0.25, -0.2) is 13.4 Å². The highest BCUT2D eigenvalue weighted by molar-refractivity contribution is 7.91. The predicted molar refractivity (Wildman–Crippen MR) is 230 cm³/mol. The molecule has 13 nitrogen and oxygen atoms in total. The van der Waals surface area contributed by atoms with Crippen molar-refractivity contribution in [3.05, 3.63) is 42.5 Å². The molecule has 61 heavy (non-hydrogen) atoms. The number of rotatable bonds is 11. The summed E-state index contributed by atoms with van der Waals surface area (Å²) in [5.41, 5.74) is -0.386. The van der Waals surface area contributed by atoms with Crippen LogP contribution in [-0.4, -0.2) is 103 Å². The highest BCUT2D eigenvalue weighted by Crippen LogP contribution is 2.57. The fourth-order valence-corrected chi connectivity index (χ4v) is 11.2. The van der Waals surface area contributed by atoms with Gasteiger partial charge in [-0.05, 0) is 107 Å². The van der Waals surface area contributed by atoms with Crippen LogP contribution in [0.5, 0.6) is 11.6 Å². The van der Waals surface area contributed by atoms with E-state index < -0.39 is 61.5 Å². The lowest BCUT2D eigenvalue weighted by molar-refractivity contribution is -0.154. The Hall–Kier alpha value is -4.04. The molecule has 2 amide bonds. The molecule has 4 heterocycles. The number of Topliss-reactive ketones (excluding diaryl/α,β-unsaturated/α-hetero) is 1. The molecule has 14 heteroatoms. The summed E-state index contributed by atoms with van der Waals surface area (Å²) in [6.45, 7) is 14.7. The number of ketones is 1. The van der Waals surface area contributed by atoms with Gasteiger partial charge in [-0.2, -0.15) is 0 Å². The lowest BCUT2D eigenvalue weighted by Gasteiger charge is -2.34. The number of fused-ring (bicyclic) bond motifs is 5. The normalized spacial score (nSPS) is 30.5. The number of hydrogen-bond acceptors (Lipinski definition) is 11. The van der Waals surface area contributed by atoms with Crippen molar-refractivity contribution < 1.29 is 41.8 Å². The number of allylic oxidation sites excluding steroid dienone is 1. The molecule has 3 aliphatic carbocycles. The third-order valence-electron chi connectivity index (χ3n) is 14.5. The van der Waals surface area contributed by atoms with E-state index in [1.165, 1.54) is 17.7 Å². The van der Waals surface area contributed by atoms with Gasteiger partial charge < -0.3 is 19.1 Å². The number of sulfonamides is 1. The zero-order valence-corrected chi connectivity index (χ0v) is 37.2. The van der Waals surface area contributed by atoms with Crippen molar-refractivity contribution in [3.8, 4) is 11.6 Å². The maximum atomic E-state index is 14.9. The second-order valence-electron chi connectivity index (χ2n) is 20.1. The van der Waals surface area contributed by atoms with Gasteiger partial charge in [0.2, 0.25) is 27.7 Å². The Morgan fingerprint density at radius 2 is 1.80 bits per heavy atom. The number of nitrogens with zero attached hydrogens (tertiary/aromatic N) is 3. The molecular formula is C47H64N4O9S. The largest absolute Gasteiger partial charge is 0.491 e. The average molecular weight is 861 g/mol. The Morgan fingerprint density at radius 1 is 1.05 bits per heavy atom. The second-order valence-corrected chi connectivity index (χ2v) is 22.3. The van der Waals surface area contributed by atoms with Crippen molar-refractivity contribution in [1.82, 2.24) is 19.5 Å². The maximum Gasteiger partial charge on any atom is 0.306 e. The van der Waals surface area contributed by atoms with Gasteiger partial charge in [0.25, 0.3) is 0 Å². The van der Waals surface area contributed by atoms with E-state index in [0.717, 1.165) is 74.0 Å². The van der Waals surface area contributed by atoms with Gasteiger partial charge in [-0.3, -0.25) is 28.8 Å². The van der Waals surface area contributed by atoms with E-state index in [1.54, 1.807) is 13.0 Å². The van der Waals surface area contributed by atoms with Crippen LogP contribution in [0.4, 0.5) is 0 Å². The number of carbonyl (C=O) groups is 4. The standard InChI is InChI=1S/C47H64N4O9S/c1-6-31-27-47(31,44(55)49-61(56,57)46(5)18-19-46)28-38(52)37-25-32-29-51(37)43(54)35(45(2,3)4)26-40(53)60-39-24-30(39)14-8-7-9-16-34-41(58-23-22-50-20-12-13-21-50)33-15-10-11-17-36(33)48-42(34)59-32/h6,10-11,15,17,30-32,35,37,39H,1,7-9,12-14,16,18-29H2,2-5H3,(H,49,55)/t30-,31-,32-,35-,37+,39-,47-/m1/s1. The highest BCUT2D eigenvalue weighted by atomic mass is 32.2. The van der Waals surface area contributed by atoms with Crippen molar-refractivity contribution >= 4 is 44.5 Å². The number of esters is 1. The number of amides is 2. The fourth-order valence-electron chi connectivity index (χ4n) is 9.86. The van der Waals surface area contributed by atoms with Crippen LogP contribution >= 0.6 is 0 Å². The number of ether oxygens (including phenoxy) is 3. The number of pyridine rings is 1. The number of carbonyl (C=O) groups excluding carboxylic acids is 4. The fraction of sp³-hybridized carbons (Fsp3) is 0.681. The minimum atomic E-state index is -3.96. The van der Waals surface area contributed by atoms with Crippen molar-refractivity contribution in [2.45, 2.75) is 141 Å². The van der Waals surface area contributed by atoms with Gasteiger partial charge in [0, 0.05) is 24.8 Å². The summed E-state index contributed by atoms with van der Waals surface area (Å²) in [4.78, 5) is 66.1. The van der Waals surface area contributed by atoms with Crippen LogP contribution in [0.1, 0.15) is 117 Å². The topological polar surface area (TPSA) is 162 Å². The number of benzene rings is 1. The van der Waals surface area contributed by atoms with Gasteiger partial charge in [-0.1, -0.05) is 51.8 Å². The SMILES string of the molecule is C=C[C@@H]1C[C@]1(CC(=O)[C@@H]1C[C@@H]2CN1C(=O)[C@H](C(C)(C)C)CC(=O)O[C@@H]1C[C@H]1CCCCCc1c(nc3ccccc3c1OCCN1CCCC1)O2)C(=O)NS(=O)(=O)C1(C)CC1. The molecule has 1 aromatic heterocycles. The van der Waals surface area contributed by atoms with Crippen LogP contribution < -0.4 is 14.2 Å². The molecule has 8 rings (SSSR count). The first-order chi connectivity index (χ1) is 29.0. The molecule has 1 N–H and O–H groups in total. The molecule has 5 fully saturated rings. The third-order valence-corrected chi connectivity index (χ3v) is 16.7. The molecule has 2 saturated heterocycles. The Kier molecular flexibility index (Phi) is 12.1. The van der Waals surface area contributed by atoms with Gasteiger partial charge in [-0.15, -0.1) is 6.58 Å². The monoisotopic (exact) mass is 860 g/mol. The molecule has 0 unspecified atom stereocenters. The first kappa shape index (κ1) is 43.6. The molecular weight excluding hydrogens is 797 g/mol. The van der Waals surface area contributed by atoms with E-state index >= 15 is 0 Å². The summed E-state index contributed by atoms with van der Waals surface area (Å²) < 4.78 is 47.2. The van der Waals surface area contributed by atoms with E-state index in [1.807, 2.05) is 45.0 Å². The molecule has 3 saturated carbocycles. The summed E-state index contributed by atoms with van der Waals surface area (Å²) in [6.07, 6.45) is 9.31. The van der Waals surface area contributed by atoms with Crippen molar-refractivity contribution in [1.29, 1.82) is 0 Å². The number of hydrogen-bond donors (Lipinski definition) is 1. The van der Waals surface area contributed by atoms with Gasteiger partial charge in [0.1, 0.15) is 24.6 Å². The van der Waals surface area contributed by atoms with Crippen LogP contribution in [0, 0.1) is 28.6 Å². The van der Waals surface area contributed by atoms with E-state index in [4.69, 9.17) is 19.2 Å². The van der Waals surface area contributed by atoms with E-state index in [0.29, 0.717) is 37.7 Å². The molecule has 2 bridgehead atoms. The molecule has 2 aromatic rings. The van der Waals surface area contributed by atoms with Crippen LogP contribution in [0.3, 0.4) is 0 Å². The van der Waals surface area contributed by atoms with Crippen LogP contribution in [0.2, 0.25) is 0 Å². The van der Waals surface area contributed by atoms with Crippen molar-refractivity contribution in [2.24, 2.45) is 28.6 Å². The third kappa shape index (κ3) is 9.22. The van der Waals surface area contributed by atoms with Gasteiger partial charge >= 0.3 is 5.97 Å². The van der Waals surface area contributed by atoms with Crippen molar-refractivity contribution in [2.75, 3.05) is 32.8 Å². The first-order valence-corrected chi connectivity index (χ1v) is 24.2. The molecule has 3 aliphatic heterocycles. The molecule has 6 aliphatic rings. The smallest absolute Gasteiger partial charge is 0.306 e. The quantitative estimate of drug-likeness (QED) is 0.199. The Bertz CT molecular complexity index is 2160. The van der Waals surface area contributed by atoms with E-state index in [-0.39, 0.29) is 50.0 Å². The average Bonchev–Trinajstić information content (AvgIpc) is 4.16. The van der Waals surface area contributed by atoms with Crippen LogP contribution in [0.15, 0.2) is 36.9 Å². The summed E-state index contributed by atoms with van der Waals surface area (Å²) in [5, 5.41) is 0.905.